The molecule has 0 aliphatic rings. The third-order valence-electron chi connectivity index (χ3n) is 2.01. The summed E-state index contributed by atoms with van der Waals surface area (Å²) in [5.41, 5.74) is 1.42. The molecule has 0 bridgehead atoms. The summed E-state index contributed by atoms with van der Waals surface area (Å²) < 4.78 is 59.2. The van der Waals surface area contributed by atoms with Crippen LogP contribution in [0.15, 0.2) is 24.4 Å². The van der Waals surface area contributed by atoms with Gasteiger partial charge in [0.15, 0.2) is 0 Å². The molecule has 0 N–H and O–H groups in total. The van der Waals surface area contributed by atoms with E-state index in [0.29, 0.717) is 10.9 Å². The van der Waals surface area contributed by atoms with E-state index in [4.69, 9.17) is 0 Å². The van der Waals surface area contributed by atoms with Gasteiger partial charge in [0.2, 0.25) is 0 Å². The Morgan fingerprint density at radius 3 is 1.80 bits per heavy atom. The molecule has 0 fully saturated rings. The van der Waals surface area contributed by atoms with Gasteiger partial charge >= 0.3 is 33.0 Å². The molecule has 0 saturated carbocycles. The van der Waals surface area contributed by atoms with E-state index >= 15 is 0 Å². The quantitative estimate of drug-likeness (QED) is 0.395. The van der Waals surface area contributed by atoms with Crippen LogP contribution in [0.5, 0.6) is 0 Å². The van der Waals surface area contributed by atoms with Crippen LogP contribution < -0.4 is 0 Å². The van der Waals surface area contributed by atoms with Crippen molar-refractivity contribution in [3.63, 3.8) is 0 Å². The number of nitrogens with zero attached hydrogens (tertiary/aromatic N) is 1. The molecule has 0 spiro atoms. The van der Waals surface area contributed by atoms with Gasteiger partial charge in [-0.25, -0.2) is 0 Å². The van der Waals surface area contributed by atoms with Gasteiger partial charge in [-0.3, -0.25) is 4.98 Å². The van der Waals surface area contributed by atoms with E-state index in [2.05, 4.69) is 43.5 Å². The van der Waals surface area contributed by atoms with Crippen molar-refractivity contribution in [1.29, 1.82) is 0 Å². The van der Waals surface area contributed by atoms with Crippen LogP contribution in [0.4, 0.5) is 25.2 Å². The molecule has 0 aliphatic carbocycles. The predicted molar refractivity (Wildman–Crippen MR) is 74.9 cm³/mol. The molecule has 0 radical (unpaired) electrons. The van der Waals surface area contributed by atoms with Crippen LogP contribution in [0.3, 0.4) is 0 Å². The van der Waals surface area contributed by atoms with Crippen LogP contribution in [0, 0.1) is 0 Å². The zero-order chi connectivity index (χ0) is 16.3. The molecule has 0 atom stereocenters. The van der Waals surface area contributed by atoms with Crippen molar-refractivity contribution in [2.75, 3.05) is 18.3 Å². The first-order valence-electron chi connectivity index (χ1n) is 5.49. The van der Waals surface area contributed by atoms with Crippen molar-refractivity contribution in [3.8, 4) is 0 Å². The van der Waals surface area contributed by atoms with Crippen molar-refractivity contribution in [2.45, 2.75) is 19.3 Å². The van der Waals surface area contributed by atoms with Crippen molar-refractivity contribution in [1.82, 2.24) is 4.98 Å². The van der Waals surface area contributed by atoms with Crippen molar-refractivity contribution in [3.05, 3.63) is 30.1 Å². The maximum atomic E-state index is 9.87. The Kier molecular flexibility index (Phi) is 5.24. The predicted octanol–water partition coefficient (Wildman–Crippen LogP) is 5.62. The normalized spacial score (nSPS) is 15.9. The monoisotopic (exact) mass is 341 g/mol. The van der Waals surface area contributed by atoms with Crippen LogP contribution in [0.1, 0.15) is 19.5 Å². The Morgan fingerprint density at radius 1 is 1.05 bits per heavy atom. The molecular formula is C11H18F6NPS. The molecule has 1 rings (SSSR count). The molecule has 0 saturated heterocycles. The number of aromatic nitrogens is 1. The minimum absolute atomic E-state index is 0.216. The summed E-state index contributed by atoms with van der Waals surface area (Å²) in [4.78, 5) is 4.41. The van der Waals surface area contributed by atoms with Crippen LogP contribution in [0.2, 0.25) is 0 Å². The van der Waals surface area contributed by atoms with Crippen LogP contribution in [-0.4, -0.2) is 23.2 Å². The van der Waals surface area contributed by atoms with Crippen LogP contribution >= 0.6 is 7.81 Å². The number of hydrogen-bond acceptors (Lipinski definition) is 1. The molecule has 0 amide bonds. The zero-order valence-corrected chi connectivity index (χ0v) is 13.3. The summed E-state index contributed by atoms with van der Waals surface area (Å²) in [6.45, 7) is 4.53. The topological polar surface area (TPSA) is 12.9 Å². The standard InChI is InChI=1S/C11H18NS.F6P/c1-11(2,9-13(3)4)10-7-5-6-8-12-10;1-7(2,3,4,5)6/h5-8H,9H2,1-4H3;/q+1;-1. The molecule has 1 heterocycles. The summed E-state index contributed by atoms with van der Waals surface area (Å²) >= 11 is 0. The van der Waals surface area contributed by atoms with Crippen LogP contribution in [0.25, 0.3) is 0 Å². The second kappa shape index (κ2) is 5.37. The fourth-order valence-corrected chi connectivity index (χ4v) is 3.15. The SMILES string of the molecule is C[S+](C)CC(C)(C)c1ccccn1.F[P-](F)(F)(F)(F)F. The zero-order valence-electron chi connectivity index (χ0n) is 11.6. The molecular weight excluding hydrogens is 323 g/mol. The maximum absolute atomic E-state index is 10.7. The number of halogens is 6. The van der Waals surface area contributed by atoms with Crippen LogP contribution in [-0.2, 0) is 16.3 Å². The Bertz CT molecular complexity index is 417. The Balaban J connectivity index is 0.000000441. The first kappa shape index (κ1) is 19.5. The van der Waals surface area contributed by atoms with Gasteiger partial charge in [0, 0.05) is 6.20 Å². The van der Waals surface area contributed by atoms with E-state index in [9.17, 15) is 25.2 Å². The average Bonchev–Trinajstić information content (AvgIpc) is 2.12. The molecule has 1 aromatic rings. The molecule has 1 aromatic heterocycles. The van der Waals surface area contributed by atoms with Crippen molar-refractivity contribution >= 4 is 18.7 Å². The van der Waals surface area contributed by atoms with Gasteiger partial charge in [-0.15, -0.1) is 0 Å². The number of pyridine rings is 1. The molecule has 20 heavy (non-hydrogen) atoms. The molecule has 1 nitrogen and oxygen atoms in total. The molecule has 120 valence electrons. The Labute approximate surface area is 117 Å². The minimum atomic E-state index is -10.7. The Hall–Kier alpha value is -0.490. The second-order valence-corrected chi connectivity index (χ2v) is 9.36. The molecule has 0 aromatic carbocycles. The van der Waals surface area contributed by atoms with Crippen molar-refractivity contribution < 1.29 is 25.2 Å². The Morgan fingerprint density at radius 2 is 1.50 bits per heavy atom. The van der Waals surface area contributed by atoms with Crippen molar-refractivity contribution in [2.24, 2.45) is 0 Å². The average molecular weight is 341 g/mol. The molecule has 0 unspecified atom stereocenters. The van der Waals surface area contributed by atoms with E-state index in [0.717, 1.165) is 0 Å². The summed E-state index contributed by atoms with van der Waals surface area (Å²) in [6.07, 6.45) is 6.44. The molecule has 0 aliphatic heterocycles. The summed E-state index contributed by atoms with van der Waals surface area (Å²) in [5, 5.41) is 0. The van der Waals surface area contributed by atoms with E-state index in [1.807, 2.05) is 12.3 Å². The fourth-order valence-electron chi connectivity index (χ4n) is 1.56. The summed E-state index contributed by atoms with van der Waals surface area (Å²) in [6, 6.07) is 6.15. The third kappa shape index (κ3) is 13.9. The van der Waals surface area contributed by atoms with E-state index in [-0.39, 0.29) is 5.41 Å². The van der Waals surface area contributed by atoms with Gasteiger partial charge in [0.1, 0.15) is 5.75 Å². The summed E-state index contributed by atoms with van der Waals surface area (Å²) in [5.74, 6) is 1.21. The first-order valence-corrected chi connectivity index (χ1v) is 9.73. The van der Waals surface area contributed by atoms with Gasteiger partial charge in [-0.05, 0) is 36.9 Å². The second-order valence-electron chi connectivity index (χ2n) is 5.19. The van der Waals surface area contributed by atoms with Gasteiger partial charge in [-0.2, -0.15) is 0 Å². The van der Waals surface area contributed by atoms with Gasteiger partial charge < -0.3 is 0 Å². The van der Waals surface area contributed by atoms with Gasteiger partial charge in [-0.1, -0.05) is 6.07 Å². The molecule has 9 heteroatoms. The number of rotatable bonds is 3. The first-order chi connectivity index (χ1) is 8.47. The van der Waals surface area contributed by atoms with Gasteiger partial charge in [0.05, 0.1) is 23.6 Å². The number of hydrogen-bond donors (Lipinski definition) is 0. The summed E-state index contributed by atoms with van der Waals surface area (Å²) in [7, 11) is -10.2. The fraction of sp³-hybridized carbons (Fsp3) is 0.545. The van der Waals surface area contributed by atoms with E-state index in [1.54, 1.807) is 0 Å². The van der Waals surface area contributed by atoms with E-state index in [1.165, 1.54) is 11.4 Å². The van der Waals surface area contributed by atoms with E-state index < -0.39 is 7.81 Å². The van der Waals surface area contributed by atoms with Gasteiger partial charge in [0.25, 0.3) is 0 Å². The third-order valence-corrected chi connectivity index (χ3v) is 3.31.